The zero-order chi connectivity index (χ0) is 20.0. The summed E-state index contributed by atoms with van der Waals surface area (Å²) in [4.78, 5) is 43.8. The number of carbonyl (C=O) groups is 3. The van der Waals surface area contributed by atoms with Gasteiger partial charge in [-0.2, -0.15) is 0 Å². The number of fused-ring (bicyclic) bond motifs is 2. The van der Waals surface area contributed by atoms with Gasteiger partial charge in [-0.15, -0.1) is 11.8 Å². The van der Waals surface area contributed by atoms with E-state index in [0.717, 1.165) is 0 Å². The van der Waals surface area contributed by atoms with Gasteiger partial charge in [0, 0.05) is 60.8 Å². The highest BCUT2D eigenvalue weighted by Crippen LogP contribution is 2.47. The van der Waals surface area contributed by atoms with Gasteiger partial charge >= 0.3 is 0 Å². The predicted octanol–water partition coefficient (Wildman–Crippen LogP) is 2.95. The molecule has 0 N–H and O–H groups in total. The van der Waals surface area contributed by atoms with E-state index >= 15 is 0 Å². The van der Waals surface area contributed by atoms with Crippen molar-refractivity contribution < 1.29 is 19.1 Å². The monoisotopic (exact) mass is 406 g/mol. The van der Waals surface area contributed by atoms with E-state index in [9.17, 15) is 14.4 Å². The van der Waals surface area contributed by atoms with Crippen LogP contribution in [0.25, 0.3) is 5.76 Å². The SMILES string of the molecule is O=C1C(=O)c2ccccc2C2=C1SCC1(CCN(C(=O)c3ccncc3)CC1)O2. The van der Waals surface area contributed by atoms with E-state index < -0.39 is 17.2 Å². The van der Waals surface area contributed by atoms with Crippen molar-refractivity contribution in [2.24, 2.45) is 0 Å². The predicted molar refractivity (Wildman–Crippen MR) is 108 cm³/mol. The van der Waals surface area contributed by atoms with Crippen molar-refractivity contribution in [2.75, 3.05) is 18.8 Å². The Morgan fingerprint density at radius 1 is 1.00 bits per heavy atom. The number of carbonyl (C=O) groups excluding carboxylic acids is 3. The fourth-order valence-electron chi connectivity index (χ4n) is 4.05. The zero-order valence-corrected chi connectivity index (χ0v) is 16.4. The molecule has 2 aromatic rings. The van der Waals surface area contributed by atoms with Crippen LogP contribution in [-0.4, -0.2) is 51.8 Å². The van der Waals surface area contributed by atoms with E-state index in [2.05, 4.69) is 4.98 Å². The van der Waals surface area contributed by atoms with Crippen LogP contribution >= 0.6 is 11.8 Å². The zero-order valence-electron chi connectivity index (χ0n) is 15.6. The number of ketones is 2. The molecule has 5 rings (SSSR count). The van der Waals surface area contributed by atoms with E-state index in [1.807, 2.05) is 17.0 Å². The normalized spacial score (nSPS) is 20.2. The van der Waals surface area contributed by atoms with Gasteiger partial charge in [-0.25, -0.2) is 0 Å². The third-order valence-electron chi connectivity index (χ3n) is 5.72. The minimum absolute atomic E-state index is 0.00518. The highest BCUT2D eigenvalue weighted by molar-refractivity contribution is 8.04. The number of amides is 1. The average molecular weight is 406 g/mol. The number of rotatable bonds is 1. The molecule has 1 aromatic heterocycles. The maximum atomic E-state index is 12.7. The molecule has 1 spiro atoms. The number of aromatic nitrogens is 1. The smallest absolute Gasteiger partial charge is 0.253 e. The Balaban J connectivity index is 1.38. The first kappa shape index (κ1) is 18.1. The van der Waals surface area contributed by atoms with Gasteiger partial charge < -0.3 is 9.64 Å². The number of benzene rings is 1. The quantitative estimate of drug-likeness (QED) is 0.678. The number of piperidine rings is 1. The van der Waals surface area contributed by atoms with E-state index in [0.29, 0.717) is 59.0 Å². The molecule has 7 heteroatoms. The molecule has 0 saturated carbocycles. The van der Waals surface area contributed by atoms with Crippen molar-refractivity contribution in [3.8, 4) is 0 Å². The minimum atomic E-state index is -0.483. The van der Waals surface area contributed by atoms with Gasteiger partial charge in [0.15, 0.2) is 0 Å². The first-order valence-electron chi connectivity index (χ1n) is 9.52. The lowest BCUT2D eigenvalue weighted by Gasteiger charge is -2.45. The fraction of sp³-hybridized carbons (Fsp3) is 0.273. The van der Waals surface area contributed by atoms with Crippen LogP contribution in [0.1, 0.15) is 39.1 Å². The first-order chi connectivity index (χ1) is 14.1. The topological polar surface area (TPSA) is 76.6 Å². The number of pyridine rings is 1. The van der Waals surface area contributed by atoms with Crippen LogP contribution < -0.4 is 0 Å². The molecule has 1 fully saturated rings. The van der Waals surface area contributed by atoms with Gasteiger partial charge in [0.1, 0.15) is 16.3 Å². The Labute approximate surface area is 171 Å². The molecule has 1 aliphatic carbocycles. The van der Waals surface area contributed by atoms with Gasteiger partial charge in [0.25, 0.3) is 5.91 Å². The Bertz CT molecular complexity index is 1060. The van der Waals surface area contributed by atoms with Crippen LogP contribution in [0, 0.1) is 0 Å². The molecule has 2 aliphatic heterocycles. The summed E-state index contributed by atoms with van der Waals surface area (Å²) in [6.45, 7) is 1.16. The molecular formula is C22H18N2O4S. The molecule has 1 amide bonds. The standard InChI is InChI=1S/C22H18N2O4S/c25-17-15-3-1-2-4-16(15)19-20(18(17)26)29-13-22(28-19)7-11-24(12-8-22)21(27)14-5-9-23-10-6-14/h1-6,9-10H,7-8,11-13H2. The molecular weight excluding hydrogens is 388 g/mol. The lowest BCUT2D eigenvalue weighted by Crippen LogP contribution is -2.50. The van der Waals surface area contributed by atoms with E-state index in [1.165, 1.54) is 11.8 Å². The summed E-state index contributed by atoms with van der Waals surface area (Å²) in [5.41, 5.74) is 1.28. The molecule has 0 unspecified atom stereocenters. The number of allylic oxidation sites excluding steroid dienone is 1. The second kappa shape index (κ2) is 6.84. The van der Waals surface area contributed by atoms with Gasteiger partial charge in [-0.3, -0.25) is 19.4 Å². The van der Waals surface area contributed by atoms with Crippen molar-refractivity contribution in [1.82, 2.24) is 9.88 Å². The van der Waals surface area contributed by atoms with Crippen LogP contribution in [0.5, 0.6) is 0 Å². The molecule has 29 heavy (non-hydrogen) atoms. The van der Waals surface area contributed by atoms with Gasteiger partial charge in [-0.05, 0) is 12.1 Å². The molecule has 1 aromatic carbocycles. The van der Waals surface area contributed by atoms with Crippen molar-refractivity contribution in [1.29, 1.82) is 0 Å². The fourth-order valence-corrected chi connectivity index (χ4v) is 5.31. The number of likely N-dealkylation sites (tertiary alicyclic amines) is 1. The van der Waals surface area contributed by atoms with Crippen molar-refractivity contribution in [2.45, 2.75) is 18.4 Å². The Kier molecular flexibility index (Phi) is 4.28. The molecule has 0 radical (unpaired) electrons. The lowest BCUT2D eigenvalue weighted by atomic mass is 9.90. The Morgan fingerprint density at radius 2 is 1.69 bits per heavy atom. The Hall–Kier alpha value is -2.93. The number of hydrogen-bond donors (Lipinski definition) is 0. The van der Waals surface area contributed by atoms with Crippen molar-refractivity contribution in [3.63, 3.8) is 0 Å². The van der Waals surface area contributed by atoms with E-state index in [1.54, 1.807) is 36.7 Å². The van der Waals surface area contributed by atoms with Crippen LogP contribution in [0.15, 0.2) is 53.7 Å². The van der Waals surface area contributed by atoms with Gasteiger partial charge in [0.2, 0.25) is 11.6 Å². The number of nitrogens with zero attached hydrogens (tertiary/aromatic N) is 2. The molecule has 0 bridgehead atoms. The van der Waals surface area contributed by atoms with Crippen LogP contribution in [0.2, 0.25) is 0 Å². The van der Waals surface area contributed by atoms with Gasteiger partial charge in [0.05, 0.1) is 0 Å². The second-order valence-electron chi connectivity index (χ2n) is 7.46. The number of ether oxygens (including phenoxy) is 1. The highest BCUT2D eigenvalue weighted by Gasteiger charge is 2.46. The molecule has 3 heterocycles. The van der Waals surface area contributed by atoms with Crippen molar-refractivity contribution in [3.05, 3.63) is 70.4 Å². The maximum Gasteiger partial charge on any atom is 0.253 e. The largest absolute Gasteiger partial charge is 0.484 e. The summed E-state index contributed by atoms with van der Waals surface area (Å²) in [5.74, 6) is 0.169. The molecule has 0 atom stereocenters. The van der Waals surface area contributed by atoms with E-state index in [4.69, 9.17) is 4.74 Å². The highest BCUT2D eigenvalue weighted by atomic mass is 32.2. The number of thioether (sulfide) groups is 1. The first-order valence-corrected chi connectivity index (χ1v) is 10.5. The maximum absolute atomic E-state index is 12.7. The average Bonchev–Trinajstić information content (AvgIpc) is 2.78. The Morgan fingerprint density at radius 3 is 2.41 bits per heavy atom. The van der Waals surface area contributed by atoms with Crippen LogP contribution in [0.4, 0.5) is 0 Å². The molecule has 146 valence electrons. The second-order valence-corrected chi connectivity index (χ2v) is 8.45. The summed E-state index contributed by atoms with van der Waals surface area (Å²) in [6.07, 6.45) is 4.59. The summed E-state index contributed by atoms with van der Waals surface area (Å²) >= 11 is 1.41. The summed E-state index contributed by atoms with van der Waals surface area (Å²) in [7, 11) is 0. The molecule has 3 aliphatic rings. The minimum Gasteiger partial charge on any atom is -0.484 e. The van der Waals surface area contributed by atoms with Crippen LogP contribution in [-0.2, 0) is 9.53 Å². The number of Topliss-reactive ketones (excluding diaryl/α,β-unsaturated/α-hetero) is 2. The lowest BCUT2D eigenvalue weighted by molar-refractivity contribution is -0.111. The van der Waals surface area contributed by atoms with E-state index in [-0.39, 0.29) is 5.91 Å². The number of hydrogen-bond acceptors (Lipinski definition) is 6. The third-order valence-corrected chi connectivity index (χ3v) is 7.05. The molecule has 1 saturated heterocycles. The molecule has 6 nitrogen and oxygen atoms in total. The van der Waals surface area contributed by atoms with Crippen LogP contribution in [0.3, 0.4) is 0 Å². The third kappa shape index (κ3) is 2.97. The summed E-state index contributed by atoms with van der Waals surface area (Å²) < 4.78 is 6.44. The van der Waals surface area contributed by atoms with Crippen molar-refractivity contribution >= 4 is 35.0 Å². The summed E-state index contributed by atoms with van der Waals surface area (Å²) in [5, 5.41) is 0. The summed E-state index contributed by atoms with van der Waals surface area (Å²) in [6, 6.07) is 10.5. The van der Waals surface area contributed by atoms with Gasteiger partial charge in [-0.1, -0.05) is 24.3 Å².